The maximum atomic E-state index is 13.1. The molecule has 0 saturated carbocycles. The lowest BCUT2D eigenvalue weighted by Gasteiger charge is -2.26. The van der Waals surface area contributed by atoms with Gasteiger partial charge in [-0.25, -0.2) is 0 Å². The topological polar surface area (TPSA) is 97.0 Å². The summed E-state index contributed by atoms with van der Waals surface area (Å²) in [4.78, 5) is 13.1. The third-order valence-corrected chi connectivity index (χ3v) is 7.13. The van der Waals surface area contributed by atoms with Gasteiger partial charge in [0.25, 0.3) is 5.91 Å². The molecule has 2 N–H and O–H groups in total. The minimum absolute atomic E-state index is 0.153. The maximum absolute atomic E-state index is 13.1. The van der Waals surface area contributed by atoms with Gasteiger partial charge in [0.2, 0.25) is 0 Å². The molecule has 1 amide bonds. The first kappa shape index (κ1) is 24.2. The van der Waals surface area contributed by atoms with Crippen LogP contribution in [-0.4, -0.2) is 44.9 Å². The van der Waals surface area contributed by atoms with Crippen molar-refractivity contribution in [1.82, 2.24) is 9.62 Å². The molecule has 8 nitrogen and oxygen atoms in total. The largest absolute Gasteiger partial charge is 0.457 e. The molecule has 0 radical (unpaired) electrons. The van der Waals surface area contributed by atoms with Gasteiger partial charge in [0, 0.05) is 24.1 Å². The van der Waals surface area contributed by atoms with Crippen molar-refractivity contribution in [1.29, 1.82) is 0 Å². The highest BCUT2D eigenvalue weighted by Gasteiger charge is 2.26. The van der Waals surface area contributed by atoms with E-state index in [-0.39, 0.29) is 24.3 Å². The van der Waals surface area contributed by atoms with Gasteiger partial charge in [0.05, 0.1) is 24.5 Å². The number of ether oxygens (including phenoxy) is 2. The molecule has 0 aliphatic carbocycles. The van der Waals surface area contributed by atoms with Crippen molar-refractivity contribution in [2.75, 3.05) is 31.0 Å². The van der Waals surface area contributed by atoms with E-state index >= 15 is 0 Å². The number of carbonyl (C=O) groups is 1. The Morgan fingerprint density at radius 3 is 2.44 bits per heavy atom. The monoisotopic (exact) mass is 545 g/mol. The van der Waals surface area contributed by atoms with Crippen molar-refractivity contribution in [2.45, 2.75) is 6.54 Å². The van der Waals surface area contributed by atoms with E-state index in [2.05, 4.69) is 26.0 Å². The Labute approximate surface area is 207 Å². The molecule has 1 aliphatic rings. The molecule has 10 heteroatoms. The molecule has 0 bridgehead atoms. The Kier molecular flexibility index (Phi) is 7.84. The van der Waals surface area contributed by atoms with E-state index in [1.54, 1.807) is 18.2 Å². The van der Waals surface area contributed by atoms with Crippen molar-refractivity contribution in [3.05, 3.63) is 88.4 Å². The zero-order valence-corrected chi connectivity index (χ0v) is 20.6. The average Bonchev–Trinajstić information content (AvgIpc) is 2.84. The number of anilines is 1. The van der Waals surface area contributed by atoms with Crippen LogP contribution in [0.15, 0.2) is 77.3 Å². The molecule has 1 saturated heterocycles. The van der Waals surface area contributed by atoms with E-state index in [1.165, 1.54) is 16.4 Å². The molecule has 3 aromatic rings. The van der Waals surface area contributed by atoms with E-state index in [4.69, 9.17) is 9.47 Å². The normalized spacial score (nSPS) is 14.4. The SMILES string of the molecule is O=C(NCc1ccccc1)c1cc(Oc2cccc(Br)c2)ccc1NS(=O)(=O)N1CCOCC1. The standard InChI is InChI=1S/C24H24BrN3O5S/c25-19-7-4-8-20(15-19)33-21-9-10-23(27-34(30,31)28-11-13-32-14-12-28)22(16-21)24(29)26-17-18-5-2-1-3-6-18/h1-10,15-16,27H,11-14,17H2,(H,26,29). The Hall–Kier alpha value is -2.92. The third kappa shape index (κ3) is 6.35. The van der Waals surface area contributed by atoms with Gasteiger partial charge in [0.15, 0.2) is 0 Å². The summed E-state index contributed by atoms with van der Waals surface area (Å²) in [7, 11) is -3.86. The highest BCUT2D eigenvalue weighted by atomic mass is 79.9. The highest BCUT2D eigenvalue weighted by Crippen LogP contribution is 2.29. The van der Waals surface area contributed by atoms with E-state index in [9.17, 15) is 13.2 Å². The van der Waals surface area contributed by atoms with Crippen molar-refractivity contribution < 1.29 is 22.7 Å². The summed E-state index contributed by atoms with van der Waals surface area (Å²) in [5, 5.41) is 2.85. The zero-order valence-electron chi connectivity index (χ0n) is 18.2. The number of halogens is 1. The number of carbonyl (C=O) groups excluding carboxylic acids is 1. The van der Waals surface area contributed by atoms with Crippen LogP contribution in [-0.2, 0) is 21.5 Å². The van der Waals surface area contributed by atoms with Gasteiger partial charge in [-0.2, -0.15) is 12.7 Å². The Bertz CT molecular complexity index is 1250. The van der Waals surface area contributed by atoms with Gasteiger partial charge in [-0.3, -0.25) is 9.52 Å². The molecule has 0 atom stereocenters. The lowest BCUT2D eigenvalue weighted by Crippen LogP contribution is -2.43. The van der Waals surface area contributed by atoms with Crippen LogP contribution >= 0.6 is 15.9 Å². The summed E-state index contributed by atoms with van der Waals surface area (Å²) in [6.45, 7) is 1.44. The van der Waals surface area contributed by atoms with Crippen LogP contribution in [0.5, 0.6) is 11.5 Å². The van der Waals surface area contributed by atoms with Gasteiger partial charge in [0.1, 0.15) is 11.5 Å². The number of nitrogens with zero attached hydrogens (tertiary/aromatic N) is 1. The van der Waals surface area contributed by atoms with Gasteiger partial charge < -0.3 is 14.8 Å². The Morgan fingerprint density at radius 1 is 0.971 bits per heavy atom. The predicted octanol–water partition coefficient (Wildman–Crippen LogP) is 4.16. The predicted molar refractivity (Wildman–Crippen MR) is 133 cm³/mol. The van der Waals surface area contributed by atoms with Crippen LogP contribution in [0.3, 0.4) is 0 Å². The molecular weight excluding hydrogens is 522 g/mol. The van der Waals surface area contributed by atoms with Crippen molar-refractivity contribution >= 4 is 37.7 Å². The molecule has 178 valence electrons. The molecule has 0 unspecified atom stereocenters. The molecule has 0 spiro atoms. The second-order valence-electron chi connectivity index (χ2n) is 7.55. The fraction of sp³-hybridized carbons (Fsp3) is 0.208. The fourth-order valence-corrected chi connectivity index (χ4v) is 4.99. The number of morpholine rings is 1. The van der Waals surface area contributed by atoms with Crippen LogP contribution in [0.25, 0.3) is 0 Å². The smallest absolute Gasteiger partial charge is 0.301 e. The lowest BCUT2D eigenvalue weighted by molar-refractivity contribution is 0.0733. The summed E-state index contributed by atoms with van der Waals surface area (Å²) in [5.74, 6) is 0.548. The second kappa shape index (κ2) is 11.0. The summed E-state index contributed by atoms with van der Waals surface area (Å²) >= 11 is 3.40. The number of rotatable bonds is 8. The van der Waals surface area contributed by atoms with Crippen LogP contribution in [0, 0.1) is 0 Å². The number of hydrogen-bond acceptors (Lipinski definition) is 5. The number of benzene rings is 3. The zero-order chi connectivity index (χ0) is 24.0. The molecule has 0 aromatic heterocycles. The molecule has 1 fully saturated rings. The van der Waals surface area contributed by atoms with E-state index in [0.717, 1.165) is 10.0 Å². The quantitative estimate of drug-likeness (QED) is 0.443. The minimum Gasteiger partial charge on any atom is -0.457 e. The highest BCUT2D eigenvalue weighted by molar-refractivity contribution is 9.10. The van der Waals surface area contributed by atoms with Crippen molar-refractivity contribution in [3.8, 4) is 11.5 Å². The Balaban J connectivity index is 1.60. The summed E-state index contributed by atoms with van der Waals surface area (Å²) in [6, 6.07) is 21.4. The summed E-state index contributed by atoms with van der Waals surface area (Å²) in [6.07, 6.45) is 0. The average molecular weight is 546 g/mol. The number of amides is 1. The van der Waals surface area contributed by atoms with E-state index < -0.39 is 16.1 Å². The molecule has 3 aromatic carbocycles. The molecule has 34 heavy (non-hydrogen) atoms. The Morgan fingerprint density at radius 2 is 1.71 bits per heavy atom. The summed E-state index contributed by atoms with van der Waals surface area (Å²) in [5.41, 5.74) is 1.24. The lowest BCUT2D eigenvalue weighted by atomic mass is 10.1. The first-order valence-corrected chi connectivity index (χ1v) is 12.9. The van der Waals surface area contributed by atoms with Gasteiger partial charge >= 0.3 is 10.2 Å². The van der Waals surface area contributed by atoms with Gasteiger partial charge in [-0.15, -0.1) is 0 Å². The van der Waals surface area contributed by atoms with Crippen LogP contribution in [0.2, 0.25) is 0 Å². The van der Waals surface area contributed by atoms with Crippen molar-refractivity contribution in [2.24, 2.45) is 0 Å². The molecule has 4 rings (SSSR count). The van der Waals surface area contributed by atoms with Crippen LogP contribution in [0.1, 0.15) is 15.9 Å². The van der Waals surface area contributed by atoms with E-state index in [0.29, 0.717) is 31.3 Å². The van der Waals surface area contributed by atoms with Gasteiger partial charge in [-0.05, 0) is 42.0 Å². The van der Waals surface area contributed by atoms with Crippen molar-refractivity contribution in [3.63, 3.8) is 0 Å². The fourth-order valence-electron chi connectivity index (χ4n) is 3.39. The number of nitrogens with one attached hydrogen (secondary N) is 2. The van der Waals surface area contributed by atoms with Crippen LogP contribution < -0.4 is 14.8 Å². The number of hydrogen-bond donors (Lipinski definition) is 2. The second-order valence-corrected chi connectivity index (χ2v) is 10.1. The summed E-state index contributed by atoms with van der Waals surface area (Å²) < 4.78 is 41.7. The molecule has 1 heterocycles. The van der Waals surface area contributed by atoms with E-state index in [1.807, 2.05) is 42.5 Å². The molecule has 1 aliphatic heterocycles. The third-order valence-electron chi connectivity index (χ3n) is 5.11. The molecular formula is C24H24BrN3O5S. The maximum Gasteiger partial charge on any atom is 0.301 e. The first-order valence-electron chi connectivity index (χ1n) is 10.7. The minimum atomic E-state index is -3.86. The van der Waals surface area contributed by atoms with Gasteiger partial charge in [-0.1, -0.05) is 52.3 Å². The first-order chi connectivity index (χ1) is 16.4. The van der Waals surface area contributed by atoms with Crippen LogP contribution in [0.4, 0.5) is 5.69 Å².